The van der Waals surface area contributed by atoms with E-state index < -0.39 is 0 Å². The molecular formula is C45H85NO7. The Morgan fingerprint density at radius 2 is 0.962 bits per heavy atom. The molecule has 0 aliphatic rings. The van der Waals surface area contributed by atoms with Gasteiger partial charge in [0.25, 0.3) is 0 Å². The van der Waals surface area contributed by atoms with Crippen LogP contribution in [0.1, 0.15) is 194 Å². The Morgan fingerprint density at radius 1 is 0.509 bits per heavy atom. The van der Waals surface area contributed by atoms with E-state index in [9.17, 15) is 14.7 Å². The molecule has 0 aromatic carbocycles. The first-order valence-corrected chi connectivity index (χ1v) is 22.2. The zero-order chi connectivity index (χ0) is 38.7. The van der Waals surface area contributed by atoms with Crippen molar-refractivity contribution >= 4 is 11.9 Å². The van der Waals surface area contributed by atoms with Crippen LogP contribution in [0, 0.1) is 0 Å². The van der Waals surface area contributed by atoms with Gasteiger partial charge in [0.1, 0.15) is 0 Å². The zero-order valence-corrected chi connectivity index (χ0v) is 35.0. The first kappa shape index (κ1) is 51.3. The highest BCUT2D eigenvalue weighted by Gasteiger charge is 2.14. The lowest BCUT2D eigenvalue weighted by Crippen LogP contribution is -2.29. The van der Waals surface area contributed by atoms with Crippen molar-refractivity contribution in [2.45, 2.75) is 200 Å². The van der Waals surface area contributed by atoms with Gasteiger partial charge in [-0.1, -0.05) is 116 Å². The number of hydrogen-bond acceptors (Lipinski definition) is 8. The minimum Gasteiger partial charge on any atom is -0.466 e. The van der Waals surface area contributed by atoms with Crippen molar-refractivity contribution in [3.63, 3.8) is 0 Å². The van der Waals surface area contributed by atoms with Crippen LogP contribution < -0.4 is 0 Å². The third-order valence-corrected chi connectivity index (χ3v) is 9.44. The lowest BCUT2D eigenvalue weighted by molar-refractivity contribution is -0.159. The third kappa shape index (κ3) is 39.8. The predicted molar refractivity (Wildman–Crippen MR) is 221 cm³/mol. The topological polar surface area (TPSA) is 94.5 Å². The van der Waals surface area contributed by atoms with Crippen molar-refractivity contribution in [2.75, 3.05) is 52.7 Å². The van der Waals surface area contributed by atoms with Crippen molar-refractivity contribution in [1.29, 1.82) is 0 Å². The predicted octanol–water partition coefficient (Wildman–Crippen LogP) is 11.4. The summed E-state index contributed by atoms with van der Waals surface area (Å²) in [5, 5.41) is 9.52. The standard InChI is InChI=1S/C45H85NO7/c1-4-7-10-13-16-17-18-22-28-39-50-43(48)32-25-24-27-36-46(37-38-47)35-26-19-23-29-40-51-44(49)33-34-45(52-41-30-20-14-11-8-5-2)53-42-31-21-15-12-9-6-3/h8-9,11-12,45,47H,4-7,10,13-42H2,1-3H3/b11-8-,12-9-. The fraction of sp³-hybridized carbons (Fsp3) is 0.867. The molecular weight excluding hydrogens is 666 g/mol. The van der Waals surface area contributed by atoms with Gasteiger partial charge in [-0.2, -0.15) is 0 Å². The van der Waals surface area contributed by atoms with Gasteiger partial charge in [0.05, 0.1) is 26.2 Å². The molecule has 8 heteroatoms. The summed E-state index contributed by atoms with van der Waals surface area (Å²) < 4.78 is 23.0. The molecule has 0 amide bonds. The van der Waals surface area contributed by atoms with Gasteiger partial charge in [0.15, 0.2) is 6.29 Å². The van der Waals surface area contributed by atoms with Crippen molar-refractivity contribution in [3.05, 3.63) is 24.3 Å². The van der Waals surface area contributed by atoms with Crippen LogP contribution in [0.25, 0.3) is 0 Å². The minimum absolute atomic E-state index is 0.0660. The zero-order valence-electron chi connectivity index (χ0n) is 35.0. The quantitative estimate of drug-likeness (QED) is 0.0285. The van der Waals surface area contributed by atoms with Crippen LogP contribution in [0.5, 0.6) is 0 Å². The van der Waals surface area contributed by atoms with Crippen LogP contribution in [0.15, 0.2) is 24.3 Å². The molecule has 0 heterocycles. The molecule has 0 aliphatic carbocycles. The van der Waals surface area contributed by atoms with E-state index in [-0.39, 0.29) is 24.8 Å². The molecule has 8 nitrogen and oxygen atoms in total. The molecule has 0 saturated carbocycles. The Hall–Kier alpha value is -1.74. The molecule has 0 fully saturated rings. The lowest BCUT2D eigenvalue weighted by Gasteiger charge is -2.21. The SMILES string of the molecule is CC/C=C\CCCCOC(CCC(=O)OCCCCCCN(CCO)CCCCCC(=O)OCCCCCCCCCCC)OCCCC/C=C\CC. The van der Waals surface area contributed by atoms with Crippen LogP contribution in [-0.4, -0.2) is 80.9 Å². The van der Waals surface area contributed by atoms with Gasteiger partial charge in [-0.3, -0.25) is 9.59 Å². The average Bonchev–Trinajstić information content (AvgIpc) is 3.15. The van der Waals surface area contributed by atoms with Crippen molar-refractivity contribution in [3.8, 4) is 0 Å². The highest BCUT2D eigenvalue weighted by molar-refractivity contribution is 5.69. The van der Waals surface area contributed by atoms with E-state index in [0.717, 1.165) is 122 Å². The molecule has 0 saturated heterocycles. The number of hydrogen-bond donors (Lipinski definition) is 1. The molecule has 0 rings (SSSR count). The fourth-order valence-electron chi connectivity index (χ4n) is 6.16. The molecule has 0 aliphatic heterocycles. The molecule has 312 valence electrons. The van der Waals surface area contributed by atoms with Crippen molar-refractivity contribution in [2.24, 2.45) is 0 Å². The number of carbonyl (C=O) groups is 2. The largest absolute Gasteiger partial charge is 0.466 e. The maximum absolute atomic E-state index is 12.5. The smallest absolute Gasteiger partial charge is 0.305 e. The van der Waals surface area contributed by atoms with Crippen molar-refractivity contribution in [1.82, 2.24) is 4.90 Å². The van der Waals surface area contributed by atoms with Crippen LogP contribution in [0.4, 0.5) is 0 Å². The first-order valence-electron chi connectivity index (χ1n) is 22.2. The van der Waals surface area contributed by atoms with E-state index in [1.165, 1.54) is 44.9 Å². The molecule has 1 N–H and O–H groups in total. The Morgan fingerprint density at radius 3 is 1.47 bits per heavy atom. The summed E-state index contributed by atoms with van der Waals surface area (Å²) in [5.41, 5.74) is 0. The number of ether oxygens (including phenoxy) is 4. The molecule has 53 heavy (non-hydrogen) atoms. The highest BCUT2D eigenvalue weighted by atomic mass is 16.7. The number of nitrogens with zero attached hydrogens (tertiary/aromatic N) is 1. The number of aliphatic hydroxyl groups is 1. The number of aliphatic hydroxyl groups excluding tert-OH is 1. The highest BCUT2D eigenvalue weighted by Crippen LogP contribution is 2.12. The summed E-state index contributed by atoms with van der Waals surface area (Å²) >= 11 is 0. The summed E-state index contributed by atoms with van der Waals surface area (Å²) in [6, 6.07) is 0. The van der Waals surface area contributed by atoms with E-state index in [4.69, 9.17) is 18.9 Å². The molecule has 0 atom stereocenters. The molecule has 0 unspecified atom stereocenters. The summed E-state index contributed by atoms with van der Waals surface area (Å²) in [4.78, 5) is 26.8. The summed E-state index contributed by atoms with van der Waals surface area (Å²) in [6.45, 7) is 11.6. The normalized spacial score (nSPS) is 11.9. The third-order valence-electron chi connectivity index (χ3n) is 9.44. The van der Waals surface area contributed by atoms with Crippen LogP contribution in [0.2, 0.25) is 0 Å². The maximum atomic E-state index is 12.5. The Bertz CT molecular complexity index is 810. The van der Waals surface area contributed by atoms with Gasteiger partial charge < -0.3 is 29.0 Å². The molecule has 0 spiro atoms. The second-order valence-corrected chi connectivity index (χ2v) is 14.5. The van der Waals surface area contributed by atoms with Gasteiger partial charge in [-0.05, 0) is 96.6 Å². The van der Waals surface area contributed by atoms with E-state index >= 15 is 0 Å². The molecule has 0 aromatic heterocycles. The van der Waals surface area contributed by atoms with Gasteiger partial charge in [0.2, 0.25) is 0 Å². The fourth-order valence-corrected chi connectivity index (χ4v) is 6.16. The number of allylic oxidation sites excluding steroid dienone is 4. The molecule has 0 radical (unpaired) electrons. The number of unbranched alkanes of at least 4 members (excludes halogenated alkanes) is 17. The summed E-state index contributed by atoms with van der Waals surface area (Å²) in [7, 11) is 0. The van der Waals surface area contributed by atoms with E-state index in [2.05, 4.69) is 50.0 Å². The first-order chi connectivity index (χ1) is 26.1. The summed E-state index contributed by atoms with van der Waals surface area (Å²) in [6.07, 6.45) is 36.5. The Balaban J connectivity index is 4.00. The second-order valence-electron chi connectivity index (χ2n) is 14.5. The average molecular weight is 752 g/mol. The number of rotatable bonds is 42. The maximum Gasteiger partial charge on any atom is 0.305 e. The lowest BCUT2D eigenvalue weighted by atomic mass is 10.1. The molecule has 0 bridgehead atoms. The minimum atomic E-state index is -0.363. The van der Waals surface area contributed by atoms with Gasteiger partial charge >= 0.3 is 11.9 Å². The van der Waals surface area contributed by atoms with Crippen LogP contribution in [0.3, 0.4) is 0 Å². The van der Waals surface area contributed by atoms with E-state index in [1.54, 1.807) is 0 Å². The number of carbonyl (C=O) groups excluding carboxylic acids is 2. The van der Waals surface area contributed by atoms with E-state index in [1.807, 2.05) is 0 Å². The second kappa shape index (κ2) is 43.0. The van der Waals surface area contributed by atoms with Gasteiger partial charge in [0, 0.05) is 32.6 Å². The molecule has 0 aromatic rings. The Kier molecular flexibility index (Phi) is 41.6. The monoisotopic (exact) mass is 752 g/mol. The number of esters is 2. The summed E-state index contributed by atoms with van der Waals surface area (Å²) in [5.74, 6) is -0.249. The van der Waals surface area contributed by atoms with Gasteiger partial charge in [-0.25, -0.2) is 0 Å². The van der Waals surface area contributed by atoms with E-state index in [0.29, 0.717) is 52.2 Å². The van der Waals surface area contributed by atoms with Crippen molar-refractivity contribution < 1.29 is 33.6 Å². The van der Waals surface area contributed by atoms with Crippen LogP contribution >= 0.6 is 0 Å². The Labute approximate surface area is 327 Å². The van der Waals surface area contributed by atoms with Gasteiger partial charge in [-0.15, -0.1) is 0 Å². The van der Waals surface area contributed by atoms with Crippen LogP contribution in [-0.2, 0) is 28.5 Å².